The molecule has 0 amide bonds. The fraction of sp³-hybridized carbons (Fsp3) is 0.833. The first kappa shape index (κ1) is 21.1. The Hall–Kier alpha value is 0.128. The van der Waals surface area contributed by atoms with E-state index in [4.69, 9.17) is 40.5 Å². The summed E-state index contributed by atoms with van der Waals surface area (Å²) < 4.78 is 0. The predicted octanol–water partition coefficient (Wildman–Crippen LogP) is 4.10. The summed E-state index contributed by atoms with van der Waals surface area (Å²) >= 11 is -0.472. The number of hydrogen-bond acceptors (Lipinski definition) is 2. The van der Waals surface area contributed by atoms with Crippen molar-refractivity contribution in [3.63, 3.8) is 0 Å². The topological polar surface area (TPSA) is 122 Å². The molecule has 0 heterocycles. The molecular formula is C12H20Cl2N2O4Pt. The Morgan fingerprint density at radius 1 is 0.952 bits per heavy atom. The van der Waals surface area contributed by atoms with Crippen LogP contribution in [0.1, 0.15) is 44.9 Å². The van der Waals surface area contributed by atoms with Gasteiger partial charge < -0.3 is 21.7 Å². The summed E-state index contributed by atoms with van der Waals surface area (Å²) in [5.41, 5.74) is 13.1. The monoisotopic (exact) mass is 521 g/mol. The molecule has 0 saturated heterocycles. The maximum Gasteiger partial charge on any atom is -0.0548 e. The molecule has 2 rings (SSSR count). The standard InChI is InChI=1S/C6H12N2.C6H8O4.2ClH.Pt/c7-5-3-1-2-4-6(5)8;7-4(8)6(5(9)10)2-1-3-6;;;/h5-8H,1-4H2;1-3H2,(H,7,8)(H,9,10);2*1H;/q-2;;;;+4/p-2. The SMILES string of the molecule is O=C(O)C1(C(=O)O)CCC1.[Cl][Pt+2][Cl].[NH-]C1CCCCC1[NH-]. The van der Waals surface area contributed by atoms with Gasteiger partial charge in [0.2, 0.25) is 0 Å². The van der Waals surface area contributed by atoms with Crippen LogP contribution in [0.2, 0.25) is 0 Å². The molecule has 0 bridgehead atoms. The van der Waals surface area contributed by atoms with Crippen LogP contribution in [0.3, 0.4) is 0 Å². The number of carboxylic acid groups (broad SMARTS) is 2. The van der Waals surface area contributed by atoms with E-state index < -0.39 is 33.8 Å². The number of rotatable bonds is 2. The minimum atomic E-state index is -1.44. The van der Waals surface area contributed by atoms with Crippen molar-refractivity contribution in [2.24, 2.45) is 5.41 Å². The molecule has 2 fully saturated rings. The number of carboxylic acids is 2. The minimum Gasteiger partial charge on any atom is -0.676 e. The molecule has 4 N–H and O–H groups in total. The first-order valence-electron chi connectivity index (χ1n) is 6.53. The van der Waals surface area contributed by atoms with Crippen LogP contribution >= 0.6 is 18.8 Å². The van der Waals surface area contributed by atoms with Crippen LogP contribution in [-0.4, -0.2) is 34.2 Å². The van der Waals surface area contributed by atoms with Crippen molar-refractivity contribution in [3.8, 4) is 0 Å². The summed E-state index contributed by atoms with van der Waals surface area (Å²) in [6.07, 6.45) is 5.50. The van der Waals surface area contributed by atoms with Crippen LogP contribution in [0.5, 0.6) is 0 Å². The summed E-state index contributed by atoms with van der Waals surface area (Å²) in [7, 11) is 9.75. The van der Waals surface area contributed by atoms with Crippen LogP contribution < -0.4 is 0 Å². The zero-order valence-electron chi connectivity index (χ0n) is 11.4. The van der Waals surface area contributed by atoms with E-state index in [0.29, 0.717) is 6.42 Å². The van der Waals surface area contributed by atoms with E-state index in [1.165, 1.54) is 12.8 Å². The van der Waals surface area contributed by atoms with Gasteiger partial charge in [0, 0.05) is 0 Å². The van der Waals surface area contributed by atoms with Gasteiger partial charge in [-0.2, -0.15) is 12.1 Å². The predicted molar refractivity (Wildman–Crippen MR) is 77.9 cm³/mol. The number of nitrogens with one attached hydrogen (secondary N) is 2. The van der Waals surface area contributed by atoms with Crippen LogP contribution in [0.25, 0.3) is 11.5 Å². The van der Waals surface area contributed by atoms with E-state index >= 15 is 0 Å². The third kappa shape index (κ3) is 6.83. The molecule has 0 aromatic rings. The second-order valence-electron chi connectivity index (χ2n) is 5.09. The molecule has 0 spiro atoms. The van der Waals surface area contributed by atoms with Crippen molar-refractivity contribution in [3.05, 3.63) is 11.5 Å². The molecule has 126 valence electrons. The van der Waals surface area contributed by atoms with Gasteiger partial charge in [0.05, 0.1) is 0 Å². The van der Waals surface area contributed by atoms with Crippen LogP contribution in [0, 0.1) is 5.41 Å². The maximum atomic E-state index is 10.4. The molecule has 6 nitrogen and oxygen atoms in total. The molecule has 9 heteroatoms. The van der Waals surface area contributed by atoms with Gasteiger partial charge in [0.15, 0.2) is 5.41 Å². The van der Waals surface area contributed by atoms with Gasteiger partial charge in [-0.15, -0.1) is 0 Å². The van der Waals surface area contributed by atoms with Gasteiger partial charge in [-0.05, 0) is 19.3 Å². The van der Waals surface area contributed by atoms with Gasteiger partial charge in [-0.25, -0.2) is 0 Å². The van der Waals surface area contributed by atoms with Crippen molar-refractivity contribution in [2.75, 3.05) is 0 Å². The Balaban J connectivity index is 0.000000327. The van der Waals surface area contributed by atoms with E-state index in [1.807, 2.05) is 0 Å². The summed E-state index contributed by atoms with van der Waals surface area (Å²) in [6.45, 7) is 0. The third-order valence-corrected chi connectivity index (χ3v) is 3.79. The fourth-order valence-electron chi connectivity index (χ4n) is 2.18. The Kier molecular flexibility index (Phi) is 10.9. The van der Waals surface area contributed by atoms with Crippen molar-refractivity contribution in [2.45, 2.75) is 57.0 Å². The number of hydrogen-bond donors (Lipinski definition) is 2. The normalized spacial score (nSPS) is 26.3. The molecule has 0 aliphatic heterocycles. The van der Waals surface area contributed by atoms with Gasteiger partial charge in [0.1, 0.15) is 0 Å². The first-order valence-corrected chi connectivity index (χ1v) is 12.2. The zero-order chi connectivity index (χ0) is 16.5. The van der Waals surface area contributed by atoms with Crippen molar-refractivity contribution >= 4 is 30.8 Å². The summed E-state index contributed by atoms with van der Waals surface area (Å²) in [5, 5.41) is 16.9. The van der Waals surface area contributed by atoms with Gasteiger partial charge in [-0.3, -0.25) is 9.59 Å². The second kappa shape index (κ2) is 10.8. The molecule has 0 radical (unpaired) electrons. The zero-order valence-corrected chi connectivity index (χ0v) is 15.2. The number of halogens is 2. The van der Waals surface area contributed by atoms with E-state index in [-0.39, 0.29) is 24.9 Å². The number of carbonyl (C=O) groups is 2. The molecule has 2 aliphatic rings. The van der Waals surface area contributed by atoms with Crippen LogP contribution in [-0.2, 0) is 26.1 Å². The molecule has 2 saturated carbocycles. The second-order valence-corrected chi connectivity index (χ2v) is 8.37. The Morgan fingerprint density at radius 3 is 1.38 bits per heavy atom. The smallest absolute Gasteiger partial charge is 0.0548 e. The molecule has 0 aromatic heterocycles. The maximum absolute atomic E-state index is 10.4. The summed E-state index contributed by atoms with van der Waals surface area (Å²) in [4.78, 5) is 20.7. The molecular weight excluding hydrogens is 502 g/mol. The third-order valence-electron chi connectivity index (χ3n) is 3.79. The summed E-state index contributed by atoms with van der Waals surface area (Å²) in [5.74, 6) is -2.41. The Bertz CT molecular complexity index is 317. The van der Waals surface area contributed by atoms with Crippen molar-refractivity contribution in [1.82, 2.24) is 0 Å². The quantitative estimate of drug-likeness (QED) is 0.531. The van der Waals surface area contributed by atoms with Crippen molar-refractivity contribution in [1.29, 1.82) is 0 Å². The van der Waals surface area contributed by atoms with Crippen molar-refractivity contribution < 1.29 is 36.3 Å². The Morgan fingerprint density at radius 2 is 1.29 bits per heavy atom. The molecule has 2 unspecified atom stereocenters. The van der Waals surface area contributed by atoms with Gasteiger partial charge in [0.25, 0.3) is 0 Å². The first-order chi connectivity index (χ1) is 9.81. The summed E-state index contributed by atoms with van der Waals surface area (Å²) in [6, 6.07) is -0.160. The molecule has 21 heavy (non-hydrogen) atoms. The number of aliphatic carboxylic acids is 2. The average molecular weight is 522 g/mol. The molecule has 0 aromatic carbocycles. The Labute approximate surface area is 140 Å². The van der Waals surface area contributed by atoms with E-state index in [2.05, 4.69) is 0 Å². The van der Waals surface area contributed by atoms with Crippen LogP contribution in [0.15, 0.2) is 0 Å². The minimum absolute atomic E-state index is 0.0799. The van der Waals surface area contributed by atoms with E-state index in [1.54, 1.807) is 0 Å². The fourth-order valence-corrected chi connectivity index (χ4v) is 2.18. The molecule has 2 aliphatic carbocycles. The van der Waals surface area contributed by atoms with E-state index in [9.17, 15) is 9.59 Å². The average Bonchev–Trinajstić information content (AvgIpc) is 2.32. The van der Waals surface area contributed by atoms with Gasteiger partial charge in [-0.1, -0.05) is 25.7 Å². The molecule has 2 atom stereocenters. The van der Waals surface area contributed by atoms with Gasteiger partial charge >= 0.3 is 47.3 Å². The largest absolute Gasteiger partial charge is 0.676 e. The van der Waals surface area contributed by atoms with Crippen LogP contribution in [0.4, 0.5) is 0 Å². The van der Waals surface area contributed by atoms with E-state index in [0.717, 1.165) is 12.8 Å².